The molecule has 0 spiro atoms. The number of fused-ring (bicyclic) bond motifs is 1. The molecule has 0 unspecified atom stereocenters. The number of amides is 1. The molecule has 3 nitrogen and oxygen atoms in total. The SMILES string of the molecule is CC(C)c1cnc2c(c1)C(C)(C)N(C1CC1)C2=O. The fourth-order valence-electron chi connectivity index (χ4n) is 2.89. The van der Waals surface area contributed by atoms with Gasteiger partial charge in [0.05, 0.1) is 5.54 Å². The van der Waals surface area contributed by atoms with E-state index in [-0.39, 0.29) is 11.4 Å². The van der Waals surface area contributed by atoms with E-state index in [9.17, 15) is 4.79 Å². The summed E-state index contributed by atoms with van der Waals surface area (Å²) >= 11 is 0. The van der Waals surface area contributed by atoms with Crippen LogP contribution < -0.4 is 0 Å². The van der Waals surface area contributed by atoms with Crippen LogP contribution in [0.5, 0.6) is 0 Å². The van der Waals surface area contributed by atoms with Gasteiger partial charge in [-0.2, -0.15) is 0 Å². The van der Waals surface area contributed by atoms with E-state index in [1.54, 1.807) is 0 Å². The highest BCUT2D eigenvalue weighted by molar-refractivity contribution is 5.98. The Morgan fingerprint density at radius 3 is 2.61 bits per heavy atom. The molecule has 1 aromatic heterocycles. The van der Waals surface area contributed by atoms with Crippen molar-refractivity contribution >= 4 is 5.91 Å². The lowest BCUT2D eigenvalue weighted by molar-refractivity contribution is 0.0592. The third kappa shape index (κ3) is 1.49. The van der Waals surface area contributed by atoms with Crippen molar-refractivity contribution < 1.29 is 4.79 Å². The molecular formula is C15H20N2O. The first-order valence-electron chi connectivity index (χ1n) is 6.77. The van der Waals surface area contributed by atoms with Crippen LogP contribution in [0.25, 0.3) is 0 Å². The van der Waals surface area contributed by atoms with Gasteiger partial charge in [-0.05, 0) is 44.2 Å². The molecule has 0 bridgehead atoms. The van der Waals surface area contributed by atoms with Gasteiger partial charge in [0.1, 0.15) is 5.69 Å². The topological polar surface area (TPSA) is 33.2 Å². The number of nitrogens with zero attached hydrogens (tertiary/aromatic N) is 2. The molecule has 3 rings (SSSR count). The first-order valence-corrected chi connectivity index (χ1v) is 6.77. The fraction of sp³-hybridized carbons (Fsp3) is 0.600. The molecule has 0 N–H and O–H groups in total. The zero-order valence-electron chi connectivity index (χ0n) is 11.5. The molecule has 1 aromatic rings. The zero-order chi connectivity index (χ0) is 13.1. The van der Waals surface area contributed by atoms with Crippen molar-refractivity contribution in [1.29, 1.82) is 0 Å². The summed E-state index contributed by atoms with van der Waals surface area (Å²) in [7, 11) is 0. The monoisotopic (exact) mass is 244 g/mol. The molecule has 18 heavy (non-hydrogen) atoms. The Bertz CT molecular complexity index is 515. The highest BCUT2D eigenvalue weighted by Gasteiger charge is 2.50. The smallest absolute Gasteiger partial charge is 0.273 e. The summed E-state index contributed by atoms with van der Waals surface area (Å²) in [5.41, 5.74) is 2.78. The Kier molecular flexibility index (Phi) is 2.31. The van der Waals surface area contributed by atoms with Gasteiger partial charge in [0, 0.05) is 17.8 Å². The van der Waals surface area contributed by atoms with Gasteiger partial charge in [-0.25, -0.2) is 0 Å². The van der Waals surface area contributed by atoms with E-state index in [0.717, 1.165) is 18.4 Å². The van der Waals surface area contributed by atoms with Crippen LogP contribution >= 0.6 is 0 Å². The Morgan fingerprint density at radius 2 is 2.06 bits per heavy atom. The van der Waals surface area contributed by atoms with Gasteiger partial charge in [-0.1, -0.05) is 13.8 Å². The molecule has 1 aliphatic carbocycles. The summed E-state index contributed by atoms with van der Waals surface area (Å²) in [5.74, 6) is 0.566. The molecule has 1 saturated carbocycles. The molecule has 1 fully saturated rings. The van der Waals surface area contributed by atoms with E-state index in [2.05, 4.69) is 38.7 Å². The summed E-state index contributed by atoms with van der Waals surface area (Å²) in [6.07, 6.45) is 4.13. The molecule has 2 aliphatic rings. The Labute approximate surface area is 108 Å². The second-order valence-electron chi connectivity index (χ2n) is 6.28. The van der Waals surface area contributed by atoms with Crippen LogP contribution in [0.1, 0.15) is 68.1 Å². The fourth-order valence-corrected chi connectivity index (χ4v) is 2.89. The van der Waals surface area contributed by atoms with Crippen molar-refractivity contribution in [3.05, 3.63) is 29.1 Å². The molecule has 3 heteroatoms. The third-order valence-electron chi connectivity index (χ3n) is 4.17. The first kappa shape index (κ1) is 11.7. The maximum Gasteiger partial charge on any atom is 0.273 e. The van der Waals surface area contributed by atoms with E-state index in [4.69, 9.17) is 0 Å². The second kappa shape index (κ2) is 3.56. The standard InChI is InChI=1S/C15H20N2O/c1-9(2)10-7-12-13(16-8-10)14(18)17(11-5-6-11)15(12,3)4/h7-9,11H,5-6H2,1-4H3. The van der Waals surface area contributed by atoms with Gasteiger partial charge in [-0.15, -0.1) is 0 Å². The molecule has 1 aliphatic heterocycles. The minimum Gasteiger partial charge on any atom is -0.325 e. The summed E-state index contributed by atoms with van der Waals surface area (Å²) in [6, 6.07) is 2.61. The largest absolute Gasteiger partial charge is 0.325 e. The molecular weight excluding hydrogens is 224 g/mol. The number of pyridine rings is 1. The van der Waals surface area contributed by atoms with Gasteiger partial charge >= 0.3 is 0 Å². The van der Waals surface area contributed by atoms with Gasteiger partial charge in [0.2, 0.25) is 0 Å². The maximum absolute atomic E-state index is 12.4. The van der Waals surface area contributed by atoms with Crippen molar-refractivity contribution in [2.24, 2.45) is 0 Å². The van der Waals surface area contributed by atoms with Crippen LogP contribution in [0.4, 0.5) is 0 Å². The number of hydrogen-bond acceptors (Lipinski definition) is 2. The zero-order valence-corrected chi connectivity index (χ0v) is 11.5. The third-order valence-corrected chi connectivity index (χ3v) is 4.17. The molecule has 0 saturated heterocycles. The number of rotatable bonds is 2. The average Bonchev–Trinajstić information content (AvgIpc) is 3.09. The average molecular weight is 244 g/mol. The van der Waals surface area contributed by atoms with Gasteiger partial charge < -0.3 is 4.90 Å². The molecule has 96 valence electrons. The van der Waals surface area contributed by atoms with Crippen LogP contribution in [-0.4, -0.2) is 21.8 Å². The van der Waals surface area contributed by atoms with Crippen molar-refractivity contribution in [3.63, 3.8) is 0 Å². The van der Waals surface area contributed by atoms with Gasteiger partial charge in [0.25, 0.3) is 5.91 Å². The highest BCUT2D eigenvalue weighted by Crippen LogP contribution is 2.45. The number of aromatic nitrogens is 1. The Hall–Kier alpha value is -1.38. The molecule has 0 radical (unpaired) electrons. The van der Waals surface area contributed by atoms with Gasteiger partial charge in [0.15, 0.2) is 0 Å². The predicted octanol–water partition coefficient (Wildman–Crippen LogP) is 3.06. The number of hydrogen-bond donors (Lipinski definition) is 0. The number of carbonyl (C=O) groups excluding carboxylic acids is 1. The lowest BCUT2D eigenvalue weighted by Crippen LogP contribution is -2.40. The maximum atomic E-state index is 12.4. The summed E-state index contributed by atoms with van der Waals surface area (Å²) < 4.78 is 0. The second-order valence-corrected chi connectivity index (χ2v) is 6.28. The van der Waals surface area contributed by atoms with Crippen LogP contribution in [-0.2, 0) is 5.54 Å². The quantitative estimate of drug-likeness (QED) is 0.801. The molecule has 1 amide bonds. The predicted molar refractivity (Wildman–Crippen MR) is 70.5 cm³/mol. The highest BCUT2D eigenvalue weighted by atomic mass is 16.2. The summed E-state index contributed by atoms with van der Waals surface area (Å²) in [5, 5.41) is 0. The van der Waals surface area contributed by atoms with Crippen LogP contribution in [0.3, 0.4) is 0 Å². The lowest BCUT2D eigenvalue weighted by atomic mass is 9.92. The van der Waals surface area contributed by atoms with E-state index < -0.39 is 0 Å². The minimum atomic E-state index is -0.203. The van der Waals surface area contributed by atoms with Crippen LogP contribution in [0, 0.1) is 0 Å². The first-order chi connectivity index (χ1) is 8.43. The minimum absolute atomic E-state index is 0.118. The molecule has 2 heterocycles. The molecule has 0 aromatic carbocycles. The van der Waals surface area contributed by atoms with Crippen molar-refractivity contribution in [2.45, 2.75) is 58.0 Å². The van der Waals surface area contributed by atoms with Crippen LogP contribution in [0.2, 0.25) is 0 Å². The lowest BCUT2D eigenvalue weighted by Gasteiger charge is -2.32. The summed E-state index contributed by atoms with van der Waals surface area (Å²) in [6.45, 7) is 8.60. The Morgan fingerprint density at radius 1 is 1.39 bits per heavy atom. The Balaban J connectivity index is 2.11. The van der Waals surface area contributed by atoms with Gasteiger partial charge in [-0.3, -0.25) is 9.78 Å². The van der Waals surface area contributed by atoms with E-state index in [1.165, 1.54) is 5.56 Å². The molecule has 0 atom stereocenters. The van der Waals surface area contributed by atoms with Crippen molar-refractivity contribution in [3.8, 4) is 0 Å². The van der Waals surface area contributed by atoms with Crippen molar-refractivity contribution in [1.82, 2.24) is 9.88 Å². The van der Waals surface area contributed by atoms with E-state index in [0.29, 0.717) is 17.7 Å². The van der Waals surface area contributed by atoms with E-state index in [1.807, 2.05) is 11.1 Å². The van der Waals surface area contributed by atoms with Crippen LogP contribution in [0.15, 0.2) is 12.3 Å². The van der Waals surface area contributed by atoms with E-state index >= 15 is 0 Å². The van der Waals surface area contributed by atoms with Crippen molar-refractivity contribution in [2.75, 3.05) is 0 Å². The normalized spacial score (nSPS) is 21.6. The number of carbonyl (C=O) groups is 1. The summed E-state index contributed by atoms with van der Waals surface area (Å²) in [4.78, 5) is 18.9.